The van der Waals surface area contributed by atoms with E-state index in [0.717, 1.165) is 31.7 Å². The first-order valence-corrected chi connectivity index (χ1v) is 8.50. The number of hydrogen-bond donors (Lipinski definition) is 2. The van der Waals surface area contributed by atoms with E-state index in [1.165, 1.54) is 57.8 Å². The lowest BCUT2D eigenvalue weighted by Crippen LogP contribution is -2.52. The van der Waals surface area contributed by atoms with Crippen molar-refractivity contribution in [1.29, 1.82) is 0 Å². The monoisotopic (exact) mass is 266 g/mol. The highest BCUT2D eigenvalue weighted by Gasteiger charge is 2.31. The molecule has 2 heterocycles. The van der Waals surface area contributed by atoms with Gasteiger partial charge in [-0.15, -0.1) is 0 Å². The van der Waals surface area contributed by atoms with Crippen molar-refractivity contribution in [1.82, 2.24) is 10.6 Å². The van der Waals surface area contributed by atoms with Gasteiger partial charge >= 0.3 is 0 Å². The predicted octanol–water partition coefficient (Wildman–Crippen LogP) is 2.46. The topological polar surface area (TPSA) is 33.3 Å². The van der Waals surface area contributed by atoms with Crippen LogP contribution in [0.15, 0.2) is 0 Å². The molecule has 1 saturated carbocycles. The largest absolute Gasteiger partial charge is 0.377 e. The van der Waals surface area contributed by atoms with E-state index in [-0.39, 0.29) is 0 Å². The molecule has 3 heteroatoms. The van der Waals surface area contributed by atoms with Crippen LogP contribution in [-0.4, -0.2) is 37.9 Å². The summed E-state index contributed by atoms with van der Waals surface area (Å²) in [6.45, 7) is 3.15. The molecule has 3 fully saturated rings. The molecule has 4 unspecified atom stereocenters. The summed E-state index contributed by atoms with van der Waals surface area (Å²) in [4.78, 5) is 0. The third-order valence-electron chi connectivity index (χ3n) is 5.28. The van der Waals surface area contributed by atoms with Gasteiger partial charge in [0.15, 0.2) is 0 Å². The summed E-state index contributed by atoms with van der Waals surface area (Å²) in [6, 6.07) is 1.52. The summed E-state index contributed by atoms with van der Waals surface area (Å²) < 4.78 is 5.77. The molecule has 0 aromatic carbocycles. The normalized spacial score (nSPS) is 39.8. The lowest BCUT2D eigenvalue weighted by molar-refractivity contribution is 0.0163. The van der Waals surface area contributed by atoms with Crippen molar-refractivity contribution in [3.05, 3.63) is 0 Å². The molecule has 2 aliphatic heterocycles. The molecule has 0 bridgehead atoms. The first kappa shape index (κ1) is 13.8. The maximum Gasteiger partial charge on any atom is 0.0699 e. The molecule has 4 atom stereocenters. The molecule has 3 rings (SSSR count). The zero-order chi connectivity index (χ0) is 12.9. The maximum absolute atomic E-state index is 5.77. The third kappa shape index (κ3) is 3.93. The van der Waals surface area contributed by atoms with Gasteiger partial charge in [0.1, 0.15) is 0 Å². The van der Waals surface area contributed by atoms with Gasteiger partial charge in [-0.2, -0.15) is 0 Å². The average Bonchev–Trinajstić information content (AvgIpc) is 2.48. The van der Waals surface area contributed by atoms with Crippen LogP contribution in [0.3, 0.4) is 0 Å². The first-order chi connectivity index (χ1) is 9.42. The van der Waals surface area contributed by atoms with E-state index in [1.54, 1.807) is 0 Å². The van der Waals surface area contributed by atoms with Crippen LogP contribution in [0.2, 0.25) is 0 Å². The Labute approximate surface area is 117 Å². The van der Waals surface area contributed by atoms with Crippen LogP contribution < -0.4 is 10.6 Å². The number of hydrogen-bond acceptors (Lipinski definition) is 3. The van der Waals surface area contributed by atoms with Gasteiger partial charge in [-0.3, -0.25) is 0 Å². The second-order valence-corrected chi connectivity index (χ2v) is 6.74. The standard InChI is InChI=1S/C16H30N2O/c1-2-7-16-13(5-1)8-9-14(18-16)11-17-12-15-6-3-4-10-19-15/h13-18H,1-12H2. The van der Waals surface area contributed by atoms with E-state index in [4.69, 9.17) is 4.74 Å². The number of ether oxygens (including phenoxy) is 1. The molecule has 3 aliphatic rings. The Kier molecular flexibility index (Phi) is 5.14. The highest BCUT2D eigenvalue weighted by Crippen LogP contribution is 2.32. The number of piperidine rings is 1. The van der Waals surface area contributed by atoms with E-state index < -0.39 is 0 Å². The van der Waals surface area contributed by atoms with Crippen molar-refractivity contribution >= 4 is 0 Å². The molecule has 0 aromatic heterocycles. The van der Waals surface area contributed by atoms with Crippen LogP contribution >= 0.6 is 0 Å². The molecular formula is C16H30N2O. The van der Waals surface area contributed by atoms with Crippen molar-refractivity contribution < 1.29 is 4.74 Å². The summed E-state index contributed by atoms with van der Waals surface area (Å²) in [5.41, 5.74) is 0. The lowest BCUT2D eigenvalue weighted by atomic mass is 9.78. The highest BCUT2D eigenvalue weighted by molar-refractivity contribution is 4.90. The van der Waals surface area contributed by atoms with E-state index in [0.29, 0.717) is 12.1 Å². The third-order valence-corrected chi connectivity index (χ3v) is 5.28. The van der Waals surface area contributed by atoms with Gasteiger partial charge < -0.3 is 15.4 Å². The number of rotatable bonds is 4. The Morgan fingerprint density at radius 1 is 0.895 bits per heavy atom. The van der Waals surface area contributed by atoms with E-state index in [1.807, 2.05) is 0 Å². The minimum atomic E-state index is 0.472. The molecule has 1 aliphatic carbocycles. The van der Waals surface area contributed by atoms with Crippen LogP contribution in [-0.2, 0) is 4.74 Å². The quantitative estimate of drug-likeness (QED) is 0.820. The van der Waals surface area contributed by atoms with E-state index in [9.17, 15) is 0 Å². The van der Waals surface area contributed by atoms with Gasteiger partial charge in [0.05, 0.1) is 6.10 Å². The number of nitrogens with one attached hydrogen (secondary N) is 2. The summed E-state index contributed by atoms with van der Waals surface area (Å²) in [7, 11) is 0. The van der Waals surface area contributed by atoms with Gasteiger partial charge in [-0.05, 0) is 50.9 Å². The molecule has 0 amide bonds. The van der Waals surface area contributed by atoms with Crippen molar-refractivity contribution in [2.45, 2.75) is 76.0 Å². The van der Waals surface area contributed by atoms with Crippen molar-refractivity contribution in [2.75, 3.05) is 19.7 Å². The molecule has 0 spiro atoms. The summed E-state index contributed by atoms with van der Waals surface area (Å²) in [5.74, 6) is 0.978. The molecular weight excluding hydrogens is 236 g/mol. The van der Waals surface area contributed by atoms with Gasteiger partial charge in [-0.25, -0.2) is 0 Å². The van der Waals surface area contributed by atoms with Gasteiger partial charge in [0.2, 0.25) is 0 Å². The highest BCUT2D eigenvalue weighted by atomic mass is 16.5. The Balaban J connectivity index is 1.34. The Morgan fingerprint density at radius 3 is 2.68 bits per heavy atom. The molecule has 3 nitrogen and oxygen atoms in total. The van der Waals surface area contributed by atoms with E-state index in [2.05, 4.69) is 10.6 Å². The Morgan fingerprint density at radius 2 is 1.79 bits per heavy atom. The van der Waals surface area contributed by atoms with Gasteiger partial charge in [0, 0.05) is 31.8 Å². The van der Waals surface area contributed by atoms with Gasteiger partial charge in [0.25, 0.3) is 0 Å². The molecule has 0 aromatic rings. The first-order valence-electron chi connectivity index (χ1n) is 8.50. The van der Waals surface area contributed by atoms with Crippen LogP contribution in [0.5, 0.6) is 0 Å². The fourth-order valence-electron chi connectivity index (χ4n) is 4.12. The smallest absolute Gasteiger partial charge is 0.0699 e. The van der Waals surface area contributed by atoms with Crippen LogP contribution in [0.4, 0.5) is 0 Å². The molecule has 2 N–H and O–H groups in total. The van der Waals surface area contributed by atoms with Crippen molar-refractivity contribution in [2.24, 2.45) is 5.92 Å². The summed E-state index contributed by atoms with van der Waals surface area (Å²) in [5, 5.41) is 7.52. The Hall–Kier alpha value is -0.120. The summed E-state index contributed by atoms with van der Waals surface area (Å²) >= 11 is 0. The average molecular weight is 266 g/mol. The van der Waals surface area contributed by atoms with Gasteiger partial charge in [-0.1, -0.05) is 12.8 Å². The molecule has 2 saturated heterocycles. The maximum atomic E-state index is 5.77. The molecule has 0 radical (unpaired) electrons. The Bertz CT molecular complexity index is 265. The second kappa shape index (κ2) is 7.05. The van der Waals surface area contributed by atoms with E-state index >= 15 is 0 Å². The zero-order valence-electron chi connectivity index (χ0n) is 12.2. The minimum absolute atomic E-state index is 0.472. The molecule has 110 valence electrons. The van der Waals surface area contributed by atoms with Crippen molar-refractivity contribution in [3.63, 3.8) is 0 Å². The zero-order valence-corrected chi connectivity index (χ0v) is 12.2. The second-order valence-electron chi connectivity index (χ2n) is 6.74. The lowest BCUT2D eigenvalue weighted by Gasteiger charge is -2.40. The van der Waals surface area contributed by atoms with Crippen LogP contribution in [0.25, 0.3) is 0 Å². The number of fused-ring (bicyclic) bond motifs is 1. The van der Waals surface area contributed by atoms with Crippen LogP contribution in [0.1, 0.15) is 57.8 Å². The fraction of sp³-hybridized carbons (Fsp3) is 1.00. The SMILES string of the molecule is C1CCC(CNCC2CCC3CCCCC3N2)OC1. The minimum Gasteiger partial charge on any atom is -0.377 e. The molecule has 19 heavy (non-hydrogen) atoms. The van der Waals surface area contributed by atoms with Crippen molar-refractivity contribution in [3.8, 4) is 0 Å². The fourth-order valence-corrected chi connectivity index (χ4v) is 4.12. The van der Waals surface area contributed by atoms with Crippen LogP contribution in [0, 0.1) is 5.92 Å². The predicted molar refractivity (Wildman–Crippen MR) is 78.4 cm³/mol. The summed E-state index contributed by atoms with van der Waals surface area (Å²) in [6.07, 6.45) is 12.9.